The fourth-order valence-electron chi connectivity index (χ4n) is 5.17. The van der Waals surface area contributed by atoms with Crippen LogP contribution in [0.3, 0.4) is 0 Å². The van der Waals surface area contributed by atoms with E-state index in [-0.39, 0.29) is 0 Å². The summed E-state index contributed by atoms with van der Waals surface area (Å²) in [6, 6.07) is 15.9. The van der Waals surface area contributed by atoms with Crippen molar-refractivity contribution in [2.45, 2.75) is 73.0 Å². The van der Waals surface area contributed by atoms with Gasteiger partial charge in [0, 0.05) is 47.7 Å². The molecule has 0 saturated heterocycles. The van der Waals surface area contributed by atoms with Gasteiger partial charge in [0.2, 0.25) is 5.28 Å². The van der Waals surface area contributed by atoms with Crippen molar-refractivity contribution < 1.29 is 0 Å². The van der Waals surface area contributed by atoms with Crippen LogP contribution < -0.4 is 9.80 Å². The third-order valence-electron chi connectivity index (χ3n) is 6.45. The molecule has 0 aliphatic carbocycles. The highest BCUT2D eigenvalue weighted by atomic mass is 35.5. The van der Waals surface area contributed by atoms with E-state index in [2.05, 4.69) is 104 Å². The van der Waals surface area contributed by atoms with E-state index in [1.807, 2.05) is 4.57 Å². The van der Waals surface area contributed by atoms with Gasteiger partial charge in [-0.2, -0.15) is 0 Å². The molecule has 3 aromatic rings. The molecule has 1 aromatic heterocycles. The molecule has 4 rings (SSSR count). The predicted octanol–water partition coefficient (Wildman–Crippen LogP) is 6.52. The highest BCUT2D eigenvalue weighted by Gasteiger charge is 2.28. The van der Waals surface area contributed by atoms with E-state index in [4.69, 9.17) is 16.6 Å². The summed E-state index contributed by atoms with van der Waals surface area (Å²) in [5.41, 5.74) is 6.50. The molecule has 0 amide bonds. The first kappa shape index (κ1) is 25.2. The van der Waals surface area contributed by atoms with Crippen molar-refractivity contribution in [1.82, 2.24) is 14.8 Å². The predicted molar refractivity (Wildman–Crippen MR) is 148 cm³/mol. The minimum atomic E-state index is 0.320. The van der Waals surface area contributed by atoms with E-state index in [0.717, 1.165) is 60.0 Å². The topological polar surface area (TPSA) is 49.6 Å². The molecule has 0 unspecified atom stereocenters. The Morgan fingerprint density at radius 2 is 1.57 bits per heavy atom. The molecule has 6 nitrogen and oxygen atoms in total. The van der Waals surface area contributed by atoms with Crippen molar-refractivity contribution in [2.75, 3.05) is 22.9 Å². The molecule has 1 aliphatic heterocycles. The largest absolute Gasteiger partial charge is 0.372 e. The Bertz CT molecular complexity index is 1160. The number of aromatic nitrogens is 3. The second kappa shape index (κ2) is 10.8. The lowest BCUT2D eigenvalue weighted by molar-refractivity contribution is 0.607. The minimum Gasteiger partial charge on any atom is -0.372 e. The van der Waals surface area contributed by atoms with E-state index in [9.17, 15) is 0 Å². The van der Waals surface area contributed by atoms with Crippen molar-refractivity contribution in [3.8, 4) is 5.69 Å². The molecular weight excluding hydrogens is 456 g/mol. The molecule has 0 bridgehead atoms. The highest BCUT2D eigenvalue weighted by Crippen LogP contribution is 2.36. The Hall–Kier alpha value is -2.86. The first-order valence-electron chi connectivity index (χ1n) is 12.8. The summed E-state index contributed by atoms with van der Waals surface area (Å²) in [6.07, 6.45) is 2.26. The molecule has 7 heteroatoms. The van der Waals surface area contributed by atoms with Gasteiger partial charge in [0.25, 0.3) is 0 Å². The summed E-state index contributed by atoms with van der Waals surface area (Å²) < 4.78 is 1.94. The number of halogens is 1. The van der Waals surface area contributed by atoms with Gasteiger partial charge < -0.3 is 9.80 Å². The molecule has 0 fully saturated rings. The summed E-state index contributed by atoms with van der Waals surface area (Å²) >= 11 is 6.54. The van der Waals surface area contributed by atoms with Gasteiger partial charge in [-0.3, -0.25) is 9.56 Å². The first-order chi connectivity index (χ1) is 16.9. The van der Waals surface area contributed by atoms with Crippen molar-refractivity contribution >= 4 is 28.7 Å². The van der Waals surface area contributed by atoms with Crippen LogP contribution in [0.1, 0.15) is 71.3 Å². The van der Waals surface area contributed by atoms with Crippen LogP contribution in [-0.2, 0) is 6.54 Å². The van der Waals surface area contributed by atoms with Gasteiger partial charge in [0.15, 0.2) is 5.82 Å². The number of anilines is 2. The maximum Gasteiger partial charge on any atom is 0.229 e. The maximum atomic E-state index is 6.54. The van der Waals surface area contributed by atoms with E-state index >= 15 is 0 Å². The van der Waals surface area contributed by atoms with E-state index in [1.165, 1.54) is 5.69 Å². The van der Waals surface area contributed by atoms with Gasteiger partial charge >= 0.3 is 0 Å². The quantitative estimate of drug-likeness (QED) is 0.341. The lowest BCUT2D eigenvalue weighted by atomic mass is 9.96. The van der Waals surface area contributed by atoms with Crippen LogP contribution in [0.25, 0.3) is 5.69 Å². The zero-order valence-corrected chi connectivity index (χ0v) is 22.5. The number of rotatable bonds is 9. The van der Waals surface area contributed by atoms with E-state index in [1.54, 1.807) is 0 Å². The summed E-state index contributed by atoms with van der Waals surface area (Å²) in [4.78, 5) is 9.99. The fourth-order valence-corrected chi connectivity index (χ4v) is 5.39. The minimum absolute atomic E-state index is 0.320. The van der Waals surface area contributed by atoms with Crippen LogP contribution in [0.2, 0.25) is 5.28 Å². The summed E-state index contributed by atoms with van der Waals surface area (Å²) in [5, 5.41) is 8.82. The third kappa shape index (κ3) is 4.94. The average Bonchev–Trinajstić information content (AvgIpc) is 3.10. The van der Waals surface area contributed by atoms with Crippen molar-refractivity contribution in [2.24, 2.45) is 4.99 Å². The monoisotopic (exact) mass is 492 g/mol. The smallest absolute Gasteiger partial charge is 0.229 e. The van der Waals surface area contributed by atoms with Gasteiger partial charge in [-0.15, -0.1) is 10.2 Å². The Morgan fingerprint density at radius 3 is 2.17 bits per heavy atom. The van der Waals surface area contributed by atoms with Crippen LogP contribution >= 0.6 is 11.6 Å². The Kier molecular flexibility index (Phi) is 7.80. The maximum absolute atomic E-state index is 6.54. The molecule has 35 heavy (non-hydrogen) atoms. The zero-order valence-electron chi connectivity index (χ0n) is 21.8. The molecule has 0 radical (unpaired) electrons. The number of hydrogen-bond donors (Lipinski definition) is 0. The Labute approximate surface area is 214 Å². The molecule has 2 heterocycles. The molecule has 0 N–H and O–H groups in total. The Balaban J connectivity index is 1.88. The number of benzene rings is 2. The average molecular weight is 493 g/mol. The van der Waals surface area contributed by atoms with Crippen LogP contribution in [0.15, 0.2) is 47.5 Å². The van der Waals surface area contributed by atoms with Crippen LogP contribution in [-0.4, -0.2) is 45.6 Å². The number of nitrogens with zero attached hydrogens (tertiary/aromatic N) is 6. The van der Waals surface area contributed by atoms with Gasteiger partial charge in [-0.25, -0.2) is 0 Å². The summed E-state index contributed by atoms with van der Waals surface area (Å²) in [5.74, 6) is 0.748. The second-order valence-electron chi connectivity index (χ2n) is 9.69. The standard InChI is InChI=1S/C28H37ClN6/c1-7-16-33(17-8-2)22-14-12-21(13-15-22)27-26-23(34(19(3)4)20(5)6)10-9-11-24(26)35-25(18-30-27)31-32-28(35)29/h9-15,19-20H,7-8,16-18H2,1-6H3. The number of hydrogen-bond acceptors (Lipinski definition) is 5. The third-order valence-corrected chi connectivity index (χ3v) is 6.70. The van der Waals surface area contributed by atoms with Crippen LogP contribution in [0.4, 0.5) is 11.4 Å². The molecular formula is C28H37ClN6. The fraction of sp³-hybridized carbons (Fsp3) is 0.464. The summed E-state index contributed by atoms with van der Waals surface area (Å²) in [6.45, 7) is 15.9. The highest BCUT2D eigenvalue weighted by molar-refractivity contribution is 6.29. The first-order valence-corrected chi connectivity index (χ1v) is 13.2. The molecule has 1 aliphatic rings. The van der Waals surface area contributed by atoms with E-state index in [0.29, 0.717) is 23.9 Å². The number of fused-ring (bicyclic) bond motifs is 3. The van der Waals surface area contributed by atoms with Gasteiger partial charge in [0.05, 0.1) is 11.4 Å². The number of aliphatic imine (C=N–C) groups is 1. The van der Waals surface area contributed by atoms with E-state index < -0.39 is 0 Å². The van der Waals surface area contributed by atoms with Gasteiger partial charge in [0.1, 0.15) is 6.54 Å². The van der Waals surface area contributed by atoms with Crippen LogP contribution in [0, 0.1) is 0 Å². The molecule has 186 valence electrons. The zero-order chi connectivity index (χ0) is 25.1. The van der Waals surface area contributed by atoms with Crippen molar-refractivity contribution in [1.29, 1.82) is 0 Å². The SMILES string of the molecule is CCCN(CCC)c1ccc(C2=NCc3nnc(Cl)n3-c3cccc(N(C(C)C)C(C)C)c32)cc1. The normalized spacial score (nSPS) is 12.9. The van der Waals surface area contributed by atoms with Crippen LogP contribution in [0.5, 0.6) is 0 Å². The molecule has 0 saturated carbocycles. The molecule has 0 atom stereocenters. The van der Waals surface area contributed by atoms with Crippen molar-refractivity contribution in [3.05, 3.63) is 64.7 Å². The van der Waals surface area contributed by atoms with Gasteiger partial charge in [-0.1, -0.05) is 32.0 Å². The lowest BCUT2D eigenvalue weighted by Crippen LogP contribution is -2.38. The Morgan fingerprint density at radius 1 is 0.914 bits per heavy atom. The van der Waals surface area contributed by atoms with Gasteiger partial charge in [-0.05, 0) is 76.4 Å². The summed E-state index contributed by atoms with van der Waals surface area (Å²) in [7, 11) is 0. The second-order valence-corrected chi connectivity index (χ2v) is 10.0. The lowest BCUT2D eigenvalue weighted by Gasteiger charge is -2.35. The molecule has 2 aromatic carbocycles. The van der Waals surface area contributed by atoms with Crippen molar-refractivity contribution in [3.63, 3.8) is 0 Å². The molecule has 0 spiro atoms.